The summed E-state index contributed by atoms with van der Waals surface area (Å²) in [5.74, 6) is -2.40. The standard InChI is InChI=1S/C38H32FN3O4S/c39-27-15-9-10-24(20-27)21-30(40-36(44)34(25-11-3-1-4-12-25)26-13-5-2-6-14-26)38(46)41-19-18-31-35(41)32(43)22-42(31)37(45)29-23-47-33-17-8-7-16-28(29)33/h1-17,20,23,30-31,34-35H,18-19,21-22H2,(H,40,44)/t30-,31+,35-/m0/s1. The van der Waals surface area contributed by atoms with E-state index < -0.39 is 35.8 Å². The summed E-state index contributed by atoms with van der Waals surface area (Å²) in [7, 11) is 0. The third-order valence-electron chi connectivity index (χ3n) is 9.15. The first-order chi connectivity index (χ1) is 22.9. The number of hydrogen-bond acceptors (Lipinski definition) is 5. The molecule has 9 heteroatoms. The van der Waals surface area contributed by atoms with Gasteiger partial charge in [0.15, 0.2) is 5.78 Å². The Hall–Kier alpha value is -5.15. The van der Waals surface area contributed by atoms with E-state index in [0.29, 0.717) is 17.5 Å². The van der Waals surface area contributed by atoms with Crippen molar-refractivity contribution in [1.29, 1.82) is 0 Å². The van der Waals surface area contributed by atoms with Crippen LogP contribution in [0.15, 0.2) is 115 Å². The Bertz CT molecular complexity index is 1920. The van der Waals surface area contributed by atoms with E-state index in [1.165, 1.54) is 28.4 Å². The molecule has 4 aromatic carbocycles. The van der Waals surface area contributed by atoms with Gasteiger partial charge in [0.2, 0.25) is 11.8 Å². The molecule has 1 N–H and O–H groups in total. The van der Waals surface area contributed by atoms with Crippen molar-refractivity contribution in [2.75, 3.05) is 13.1 Å². The molecule has 0 spiro atoms. The Balaban J connectivity index is 1.17. The van der Waals surface area contributed by atoms with Gasteiger partial charge in [0.05, 0.1) is 24.1 Å². The molecule has 0 unspecified atom stereocenters. The number of nitrogens with one attached hydrogen (secondary N) is 1. The van der Waals surface area contributed by atoms with Crippen LogP contribution >= 0.6 is 11.3 Å². The lowest BCUT2D eigenvalue weighted by Crippen LogP contribution is -2.54. The maximum Gasteiger partial charge on any atom is 0.256 e. The summed E-state index contributed by atoms with van der Waals surface area (Å²) in [6.07, 6.45) is 0.470. The molecule has 0 radical (unpaired) electrons. The SMILES string of the molecule is O=C(N[C@@H](Cc1cccc(F)c1)C(=O)N1CC[C@@H]2[C@H]1C(=O)CN2C(=O)c1csc2ccccc12)C(c1ccccc1)c1ccccc1. The van der Waals surface area contributed by atoms with Gasteiger partial charge in [-0.2, -0.15) is 0 Å². The molecule has 0 bridgehead atoms. The predicted octanol–water partition coefficient (Wildman–Crippen LogP) is 5.59. The predicted molar refractivity (Wildman–Crippen MR) is 179 cm³/mol. The van der Waals surface area contributed by atoms with Gasteiger partial charge in [-0.05, 0) is 41.3 Å². The second-order valence-electron chi connectivity index (χ2n) is 12.0. The second-order valence-corrected chi connectivity index (χ2v) is 12.9. The van der Waals surface area contributed by atoms with Crippen LogP contribution in [0, 0.1) is 5.82 Å². The number of carbonyl (C=O) groups excluding carboxylic acids is 4. The van der Waals surface area contributed by atoms with Gasteiger partial charge in [-0.1, -0.05) is 91.0 Å². The molecule has 3 heterocycles. The maximum atomic E-state index is 14.4. The van der Waals surface area contributed by atoms with Crippen molar-refractivity contribution in [2.45, 2.75) is 36.9 Å². The molecule has 0 aliphatic carbocycles. The number of thiophene rings is 1. The molecule has 7 rings (SSSR count). The zero-order valence-electron chi connectivity index (χ0n) is 25.4. The number of carbonyl (C=O) groups is 4. The highest BCUT2D eigenvalue weighted by Gasteiger charge is 2.52. The van der Waals surface area contributed by atoms with Crippen molar-refractivity contribution in [1.82, 2.24) is 15.1 Å². The lowest BCUT2D eigenvalue weighted by molar-refractivity contribution is -0.140. The van der Waals surface area contributed by atoms with Crippen LogP contribution in [0.2, 0.25) is 0 Å². The van der Waals surface area contributed by atoms with Crippen LogP contribution in [0.4, 0.5) is 4.39 Å². The first kappa shape index (κ1) is 30.5. The molecule has 0 saturated carbocycles. The quantitative estimate of drug-likeness (QED) is 0.238. The molecule has 2 aliphatic heterocycles. The monoisotopic (exact) mass is 645 g/mol. The number of ketones is 1. The fraction of sp³-hybridized carbons (Fsp3) is 0.211. The van der Waals surface area contributed by atoms with Crippen molar-refractivity contribution in [2.24, 2.45) is 0 Å². The lowest BCUT2D eigenvalue weighted by atomic mass is 9.90. The molecule has 3 atom stereocenters. The highest BCUT2D eigenvalue weighted by Crippen LogP contribution is 2.34. The first-order valence-corrected chi connectivity index (χ1v) is 16.5. The number of halogens is 1. The normalized spacial score (nSPS) is 18.0. The molecule has 1 aromatic heterocycles. The van der Waals surface area contributed by atoms with Gasteiger partial charge in [-0.25, -0.2) is 4.39 Å². The van der Waals surface area contributed by atoms with Crippen LogP contribution in [-0.4, -0.2) is 64.5 Å². The Morgan fingerprint density at radius 3 is 2.23 bits per heavy atom. The molecular weight excluding hydrogens is 614 g/mol. The van der Waals surface area contributed by atoms with Crippen LogP contribution in [0.3, 0.4) is 0 Å². The summed E-state index contributed by atoms with van der Waals surface area (Å²) in [6.45, 7) is 0.164. The van der Waals surface area contributed by atoms with Gasteiger partial charge in [-0.3, -0.25) is 19.2 Å². The number of nitrogens with zero attached hydrogens (tertiary/aromatic N) is 2. The van der Waals surface area contributed by atoms with E-state index >= 15 is 0 Å². The fourth-order valence-electron chi connectivity index (χ4n) is 6.98. The van der Waals surface area contributed by atoms with E-state index in [2.05, 4.69) is 5.32 Å². The smallest absolute Gasteiger partial charge is 0.256 e. The largest absolute Gasteiger partial charge is 0.343 e. The summed E-state index contributed by atoms with van der Waals surface area (Å²) >= 11 is 1.48. The van der Waals surface area contributed by atoms with E-state index in [1.54, 1.807) is 17.0 Å². The van der Waals surface area contributed by atoms with E-state index in [4.69, 9.17) is 0 Å². The molecule has 7 nitrogen and oxygen atoms in total. The molecule has 2 fully saturated rings. The molecule has 2 aliphatic rings. The van der Waals surface area contributed by atoms with Gasteiger partial charge in [-0.15, -0.1) is 11.3 Å². The summed E-state index contributed by atoms with van der Waals surface area (Å²) in [5.41, 5.74) is 2.60. The van der Waals surface area contributed by atoms with Crippen molar-refractivity contribution in [3.8, 4) is 0 Å². The Morgan fingerprint density at radius 1 is 0.851 bits per heavy atom. The molecule has 2 saturated heterocycles. The minimum absolute atomic E-state index is 0.0320. The topological polar surface area (TPSA) is 86.8 Å². The van der Waals surface area contributed by atoms with Crippen LogP contribution in [0.25, 0.3) is 10.1 Å². The first-order valence-electron chi connectivity index (χ1n) is 15.6. The van der Waals surface area contributed by atoms with Crippen LogP contribution in [-0.2, 0) is 20.8 Å². The highest BCUT2D eigenvalue weighted by atomic mass is 32.1. The average molecular weight is 646 g/mol. The van der Waals surface area contributed by atoms with E-state index in [0.717, 1.165) is 21.2 Å². The minimum atomic E-state index is -1.07. The third-order valence-corrected chi connectivity index (χ3v) is 10.1. The molecular formula is C38H32FN3O4S. The second kappa shape index (κ2) is 12.9. The number of amides is 3. The number of benzene rings is 4. The van der Waals surface area contributed by atoms with Gasteiger partial charge < -0.3 is 15.1 Å². The Morgan fingerprint density at radius 2 is 1.53 bits per heavy atom. The van der Waals surface area contributed by atoms with Crippen LogP contribution < -0.4 is 5.32 Å². The fourth-order valence-corrected chi connectivity index (χ4v) is 7.91. The van der Waals surface area contributed by atoms with E-state index in [1.807, 2.05) is 90.3 Å². The van der Waals surface area contributed by atoms with Gasteiger partial charge in [0.25, 0.3) is 5.91 Å². The van der Waals surface area contributed by atoms with Crippen LogP contribution in [0.5, 0.6) is 0 Å². The number of hydrogen-bond donors (Lipinski definition) is 1. The van der Waals surface area contributed by atoms with Crippen molar-refractivity contribution in [3.05, 3.63) is 143 Å². The zero-order chi connectivity index (χ0) is 32.5. The highest BCUT2D eigenvalue weighted by molar-refractivity contribution is 7.17. The Labute approximate surface area is 275 Å². The summed E-state index contributed by atoms with van der Waals surface area (Å²) in [6, 6.07) is 29.9. The van der Waals surface area contributed by atoms with Crippen LogP contribution in [0.1, 0.15) is 39.4 Å². The van der Waals surface area contributed by atoms with E-state index in [-0.39, 0.29) is 37.1 Å². The number of Topliss-reactive ketones (excluding diaryl/α,β-unsaturated/α-hetero) is 1. The van der Waals surface area contributed by atoms with Crippen molar-refractivity contribution in [3.63, 3.8) is 0 Å². The van der Waals surface area contributed by atoms with Gasteiger partial charge in [0, 0.05) is 28.4 Å². The van der Waals surface area contributed by atoms with E-state index in [9.17, 15) is 23.6 Å². The number of fused-ring (bicyclic) bond motifs is 2. The summed E-state index contributed by atoms with van der Waals surface area (Å²) in [4.78, 5) is 58.9. The maximum absolute atomic E-state index is 14.4. The lowest BCUT2D eigenvalue weighted by Gasteiger charge is -2.29. The molecule has 5 aromatic rings. The molecule has 47 heavy (non-hydrogen) atoms. The summed E-state index contributed by atoms with van der Waals surface area (Å²) in [5, 5.41) is 5.65. The average Bonchev–Trinajstić information content (AvgIpc) is 3.80. The minimum Gasteiger partial charge on any atom is -0.343 e. The molecule has 3 amide bonds. The number of rotatable bonds is 8. The zero-order valence-corrected chi connectivity index (χ0v) is 26.2. The molecule has 236 valence electrons. The van der Waals surface area contributed by atoms with Gasteiger partial charge >= 0.3 is 0 Å². The summed E-state index contributed by atoms with van der Waals surface area (Å²) < 4.78 is 15.2. The van der Waals surface area contributed by atoms with Crippen molar-refractivity contribution >= 4 is 44.9 Å². The Kier molecular flexibility index (Phi) is 8.39. The van der Waals surface area contributed by atoms with Gasteiger partial charge in [0.1, 0.15) is 17.9 Å². The third kappa shape index (κ3) is 5.94. The number of likely N-dealkylation sites (tertiary alicyclic amines) is 2. The van der Waals surface area contributed by atoms with Crippen molar-refractivity contribution < 1.29 is 23.6 Å².